The molecule has 98 valence electrons. The Morgan fingerprint density at radius 2 is 2.06 bits per heavy atom. The molecule has 0 aromatic rings. The molecule has 0 bridgehead atoms. The second-order valence-corrected chi connectivity index (χ2v) is 4.17. The number of hydrogen-bond acceptors (Lipinski definition) is 2. The molecule has 0 heterocycles. The molecule has 0 rings (SSSR count). The van der Waals surface area contributed by atoms with Crippen LogP contribution in [0.4, 0.5) is 0 Å². The van der Waals surface area contributed by atoms with Crippen LogP contribution in [-0.4, -0.2) is 12.1 Å². The van der Waals surface area contributed by atoms with Crippen LogP contribution in [0.25, 0.3) is 0 Å². The van der Waals surface area contributed by atoms with Gasteiger partial charge in [-0.2, -0.15) is 0 Å². The largest absolute Gasteiger partial charge is 0.369 e. The number of amides is 1. The van der Waals surface area contributed by atoms with E-state index in [0.717, 1.165) is 29.4 Å². The summed E-state index contributed by atoms with van der Waals surface area (Å²) in [5, 5.41) is 7.13. The first-order valence-electron chi connectivity index (χ1n) is 5.94. The van der Waals surface area contributed by atoms with Gasteiger partial charge in [0, 0.05) is 6.21 Å². The van der Waals surface area contributed by atoms with Crippen molar-refractivity contribution < 1.29 is 4.79 Å². The summed E-state index contributed by atoms with van der Waals surface area (Å²) in [5.41, 5.74) is 7.94. The van der Waals surface area contributed by atoms with Gasteiger partial charge in [-0.15, -0.1) is 0 Å². The fourth-order valence-electron chi connectivity index (χ4n) is 1.33. The summed E-state index contributed by atoms with van der Waals surface area (Å²) in [5.74, 6) is -1.19. The zero-order valence-electron chi connectivity index (χ0n) is 11.4. The minimum absolute atomic E-state index is 0.524. The first kappa shape index (κ1) is 16.1. The molecule has 3 nitrogen and oxygen atoms in total. The van der Waals surface area contributed by atoms with E-state index >= 15 is 0 Å². The Balaban J connectivity index is 4.89. The van der Waals surface area contributed by atoms with Gasteiger partial charge in [-0.3, -0.25) is 4.79 Å². The lowest BCUT2D eigenvalue weighted by molar-refractivity contribution is -0.118. The summed E-state index contributed by atoms with van der Waals surface area (Å²) in [4.78, 5) is 11.0. The molecule has 0 saturated carbocycles. The third-order valence-electron chi connectivity index (χ3n) is 2.46. The number of primary amides is 1. The molecular weight excluding hydrogens is 224 g/mol. The molecule has 0 aliphatic heterocycles. The average Bonchev–Trinajstić information content (AvgIpc) is 2.32. The molecule has 3 N–H and O–H groups in total. The van der Waals surface area contributed by atoms with Crippen LogP contribution in [0.5, 0.6) is 0 Å². The van der Waals surface area contributed by atoms with Crippen molar-refractivity contribution in [1.29, 1.82) is 5.41 Å². The molecule has 0 spiro atoms. The number of hydrogen-bond donors (Lipinski definition) is 2. The fraction of sp³-hybridized carbons (Fsp3) is 0.333. The summed E-state index contributed by atoms with van der Waals surface area (Å²) in [6.07, 6.45) is 9.73. The summed E-state index contributed by atoms with van der Waals surface area (Å²) in [6.45, 7) is 9.87. The Morgan fingerprint density at radius 3 is 2.50 bits per heavy atom. The molecule has 0 aliphatic carbocycles. The lowest BCUT2D eigenvalue weighted by atomic mass is 10.0. The number of allylic oxidation sites excluding steroid dienone is 6. The van der Waals surface area contributed by atoms with Crippen molar-refractivity contribution >= 4 is 12.1 Å². The highest BCUT2D eigenvalue weighted by atomic mass is 16.1. The van der Waals surface area contributed by atoms with Gasteiger partial charge < -0.3 is 11.1 Å². The minimum Gasteiger partial charge on any atom is -0.369 e. The first-order chi connectivity index (χ1) is 8.42. The summed E-state index contributed by atoms with van der Waals surface area (Å²) in [6, 6.07) is 0. The Labute approximate surface area is 109 Å². The fourth-order valence-corrected chi connectivity index (χ4v) is 1.33. The molecule has 1 atom stereocenters. The molecule has 18 heavy (non-hydrogen) atoms. The number of carbonyl (C=O) groups is 1. The SMILES string of the molecule is C=C(/C=C(/C)C=CCC)/C(C)=C/C(C=N)C(N)=O. The zero-order chi connectivity index (χ0) is 14.1. The Kier molecular flexibility index (Phi) is 7.36. The van der Waals surface area contributed by atoms with Gasteiger partial charge in [-0.1, -0.05) is 43.4 Å². The predicted molar refractivity (Wildman–Crippen MR) is 77.6 cm³/mol. The molecular formula is C15H22N2O. The standard InChI is InChI=1S/C15H22N2O/c1-5-6-7-11(2)8-12(3)13(4)9-14(10-16)15(17)18/h6-10,14,16H,3,5H2,1-2,4H3,(H2,17,18)/b7-6?,11-8-,13-9+,16-10?. The van der Waals surface area contributed by atoms with Crippen LogP contribution in [0.2, 0.25) is 0 Å². The smallest absolute Gasteiger partial charge is 0.229 e. The van der Waals surface area contributed by atoms with E-state index < -0.39 is 11.8 Å². The maximum atomic E-state index is 11.0. The highest BCUT2D eigenvalue weighted by molar-refractivity contribution is 5.93. The Hall–Kier alpha value is -1.90. The van der Waals surface area contributed by atoms with E-state index in [1.54, 1.807) is 6.08 Å². The number of rotatable bonds is 7. The molecule has 0 fully saturated rings. The maximum absolute atomic E-state index is 11.0. The van der Waals surface area contributed by atoms with Gasteiger partial charge in [0.15, 0.2) is 0 Å². The molecule has 0 aromatic carbocycles. The van der Waals surface area contributed by atoms with Crippen molar-refractivity contribution in [3.8, 4) is 0 Å². The molecule has 1 unspecified atom stereocenters. The summed E-state index contributed by atoms with van der Waals surface area (Å²) >= 11 is 0. The third kappa shape index (κ3) is 5.99. The van der Waals surface area contributed by atoms with E-state index in [1.807, 2.05) is 26.0 Å². The lowest BCUT2D eigenvalue weighted by Crippen LogP contribution is -2.22. The maximum Gasteiger partial charge on any atom is 0.229 e. The van der Waals surface area contributed by atoms with E-state index in [9.17, 15) is 4.79 Å². The topological polar surface area (TPSA) is 66.9 Å². The normalized spacial score (nSPS) is 14.6. The van der Waals surface area contributed by atoms with Crippen LogP contribution in [-0.2, 0) is 4.79 Å². The molecule has 0 aromatic heterocycles. The van der Waals surface area contributed by atoms with Crippen LogP contribution in [0.1, 0.15) is 27.2 Å². The van der Waals surface area contributed by atoms with Crippen molar-refractivity contribution in [2.75, 3.05) is 0 Å². The highest BCUT2D eigenvalue weighted by Crippen LogP contribution is 2.14. The van der Waals surface area contributed by atoms with Gasteiger partial charge in [0.25, 0.3) is 0 Å². The molecule has 0 radical (unpaired) electrons. The van der Waals surface area contributed by atoms with E-state index in [4.69, 9.17) is 11.1 Å². The van der Waals surface area contributed by atoms with Crippen LogP contribution in [0, 0.1) is 11.3 Å². The highest BCUT2D eigenvalue weighted by Gasteiger charge is 2.09. The second kappa shape index (κ2) is 8.23. The number of nitrogens with one attached hydrogen (secondary N) is 1. The van der Waals surface area contributed by atoms with E-state index in [-0.39, 0.29) is 0 Å². The second-order valence-electron chi connectivity index (χ2n) is 4.17. The van der Waals surface area contributed by atoms with E-state index in [2.05, 4.69) is 19.6 Å². The number of nitrogens with two attached hydrogens (primary N) is 1. The zero-order valence-corrected chi connectivity index (χ0v) is 11.4. The monoisotopic (exact) mass is 246 g/mol. The molecule has 0 saturated heterocycles. The average molecular weight is 246 g/mol. The van der Waals surface area contributed by atoms with Gasteiger partial charge in [0.1, 0.15) is 0 Å². The molecule has 1 amide bonds. The van der Waals surface area contributed by atoms with Crippen molar-refractivity contribution in [1.82, 2.24) is 0 Å². The Bertz CT molecular complexity index is 414. The van der Waals surface area contributed by atoms with E-state index in [1.165, 1.54) is 0 Å². The van der Waals surface area contributed by atoms with Crippen molar-refractivity contribution in [3.05, 3.63) is 47.6 Å². The first-order valence-corrected chi connectivity index (χ1v) is 5.94. The lowest BCUT2D eigenvalue weighted by Gasteiger charge is -2.06. The van der Waals surface area contributed by atoms with Crippen LogP contribution >= 0.6 is 0 Å². The minimum atomic E-state index is -0.665. The van der Waals surface area contributed by atoms with Crippen LogP contribution < -0.4 is 5.73 Å². The van der Waals surface area contributed by atoms with Crippen molar-refractivity contribution in [2.45, 2.75) is 27.2 Å². The molecule has 3 heteroatoms. The van der Waals surface area contributed by atoms with Gasteiger partial charge >= 0.3 is 0 Å². The van der Waals surface area contributed by atoms with Crippen LogP contribution in [0.3, 0.4) is 0 Å². The quantitative estimate of drug-likeness (QED) is 0.526. The summed E-state index contributed by atoms with van der Waals surface area (Å²) < 4.78 is 0. The number of carbonyl (C=O) groups excluding carboxylic acids is 1. The van der Waals surface area contributed by atoms with Crippen molar-refractivity contribution in [2.24, 2.45) is 11.7 Å². The third-order valence-corrected chi connectivity index (χ3v) is 2.46. The van der Waals surface area contributed by atoms with Gasteiger partial charge in [-0.05, 0) is 31.4 Å². The van der Waals surface area contributed by atoms with Gasteiger partial charge in [0.2, 0.25) is 5.91 Å². The van der Waals surface area contributed by atoms with Crippen molar-refractivity contribution in [3.63, 3.8) is 0 Å². The predicted octanol–water partition coefficient (Wildman–Crippen LogP) is 3.15. The Morgan fingerprint density at radius 1 is 1.44 bits per heavy atom. The van der Waals surface area contributed by atoms with Gasteiger partial charge in [-0.25, -0.2) is 0 Å². The van der Waals surface area contributed by atoms with E-state index in [0.29, 0.717) is 0 Å². The van der Waals surface area contributed by atoms with Gasteiger partial charge in [0.05, 0.1) is 5.92 Å². The van der Waals surface area contributed by atoms with Crippen LogP contribution in [0.15, 0.2) is 47.6 Å². The molecule has 0 aliphatic rings. The summed E-state index contributed by atoms with van der Waals surface area (Å²) in [7, 11) is 0.